The van der Waals surface area contributed by atoms with E-state index in [4.69, 9.17) is 0 Å². The number of fused-ring (bicyclic) bond motifs is 12. The summed E-state index contributed by atoms with van der Waals surface area (Å²) < 4.78 is 0. The molecule has 2 nitrogen and oxygen atoms in total. The average molecular weight is 465 g/mol. The van der Waals surface area contributed by atoms with Crippen LogP contribution in [0.1, 0.15) is 35.8 Å². The minimum Gasteiger partial charge on any atom is -0.371 e. The molecule has 2 atom stereocenters. The van der Waals surface area contributed by atoms with Crippen molar-refractivity contribution >= 4 is 32.9 Å². The molecule has 0 N–H and O–H groups in total. The van der Waals surface area contributed by atoms with Crippen molar-refractivity contribution in [3.05, 3.63) is 96.1 Å². The summed E-state index contributed by atoms with van der Waals surface area (Å²) in [6.07, 6.45) is 2.57. The Morgan fingerprint density at radius 2 is 0.889 bits per heavy atom. The van der Waals surface area contributed by atoms with E-state index in [2.05, 4.69) is 94.7 Å². The predicted octanol–water partition coefficient (Wildman–Crippen LogP) is 7.94. The Labute approximate surface area is 211 Å². The van der Waals surface area contributed by atoms with Crippen LogP contribution >= 0.6 is 0 Å². The van der Waals surface area contributed by atoms with Gasteiger partial charge in [0.2, 0.25) is 0 Å². The molecule has 0 aromatic heterocycles. The Morgan fingerprint density at radius 1 is 0.472 bits per heavy atom. The maximum absolute atomic E-state index is 2.60. The van der Waals surface area contributed by atoms with Crippen LogP contribution in [0.3, 0.4) is 0 Å². The molecule has 4 aliphatic rings. The summed E-state index contributed by atoms with van der Waals surface area (Å²) in [5, 5.41) is 5.55. The van der Waals surface area contributed by atoms with Crippen molar-refractivity contribution in [2.24, 2.45) is 0 Å². The van der Waals surface area contributed by atoms with Crippen LogP contribution in [0.5, 0.6) is 0 Å². The van der Waals surface area contributed by atoms with E-state index in [9.17, 15) is 0 Å². The zero-order valence-corrected chi connectivity index (χ0v) is 20.4. The van der Waals surface area contributed by atoms with Gasteiger partial charge >= 0.3 is 0 Å². The van der Waals surface area contributed by atoms with E-state index >= 15 is 0 Å². The second-order valence-electron chi connectivity index (χ2n) is 11.2. The first-order valence-electron chi connectivity index (χ1n) is 13.6. The zero-order valence-electron chi connectivity index (χ0n) is 20.4. The molecule has 2 saturated heterocycles. The fourth-order valence-electron chi connectivity index (χ4n) is 8.09. The van der Waals surface area contributed by atoms with E-state index in [1.807, 2.05) is 0 Å². The van der Waals surface area contributed by atoms with Gasteiger partial charge < -0.3 is 9.80 Å². The third-order valence-corrected chi connectivity index (χ3v) is 9.51. The van der Waals surface area contributed by atoms with Gasteiger partial charge in [0.05, 0.1) is 0 Å². The number of anilines is 2. The van der Waals surface area contributed by atoms with Crippen molar-refractivity contribution in [3.8, 4) is 22.3 Å². The summed E-state index contributed by atoms with van der Waals surface area (Å²) in [5.74, 6) is 1.32. The number of nitrogens with zero attached hydrogens (tertiary/aromatic N) is 2. The van der Waals surface area contributed by atoms with Crippen LogP contribution in [0.15, 0.2) is 84.9 Å². The maximum atomic E-state index is 2.60. The SMILES string of the molecule is c1cc(-c2c3ccccc3c(-c3cccc4c3C3CCN4C3)c3ccccc23)c2c(c1)N1CCC2C1. The van der Waals surface area contributed by atoms with Gasteiger partial charge in [-0.1, -0.05) is 72.8 Å². The van der Waals surface area contributed by atoms with Crippen molar-refractivity contribution in [3.63, 3.8) is 0 Å². The van der Waals surface area contributed by atoms with Crippen LogP contribution in [0, 0.1) is 0 Å². The van der Waals surface area contributed by atoms with Crippen molar-refractivity contribution in [1.29, 1.82) is 0 Å². The minimum absolute atomic E-state index is 0.662. The summed E-state index contributed by atoms with van der Waals surface area (Å²) in [6.45, 7) is 4.79. The first kappa shape index (κ1) is 19.4. The molecule has 5 aromatic carbocycles. The molecule has 2 heteroatoms. The normalized spacial score (nSPS) is 21.1. The molecule has 9 rings (SSSR count). The lowest BCUT2D eigenvalue weighted by Gasteiger charge is -2.25. The summed E-state index contributed by atoms with van der Waals surface area (Å²) in [4.78, 5) is 5.19. The van der Waals surface area contributed by atoms with Gasteiger partial charge in [-0.15, -0.1) is 0 Å². The van der Waals surface area contributed by atoms with Crippen molar-refractivity contribution < 1.29 is 0 Å². The third kappa shape index (κ3) is 2.38. The van der Waals surface area contributed by atoms with E-state index in [-0.39, 0.29) is 0 Å². The lowest BCUT2D eigenvalue weighted by molar-refractivity contribution is 0.790. The number of benzene rings is 5. The van der Waals surface area contributed by atoms with E-state index in [0.29, 0.717) is 11.8 Å². The molecule has 4 bridgehead atoms. The van der Waals surface area contributed by atoms with Crippen LogP contribution in [0.2, 0.25) is 0 Å². The van der Waals surface area contributed by atoms with Crippen LogP contribution in [-0.2, 0) is 0 Å². The Balaban J connectivity index is 1.42. The standard InChI is InChI=1S/C34H28N2/c1-2-8-24-23(7-1)33(27-11-5-13-29-31(27)21-15-17-35(29)19-21)25-9-3-4-10-26(25)34(24)28-12-6-14-30-32(28)22-16-18-36(30)20-22/h1-14,21-22H,15-20H2. The molecule has 5 aromatic rings. The fourth-order valence-corrected chi connectivity index (χ4v) is 8.09. The molecule has 0 radical (unpaired) electrons. The van der Waals surface area contributed by atoms with Gasteiger partial charge in [0.15, 0.2) is 0 Å². The van der Waals surface area contributed by atoms with Gasteiger partial charge in [-0.05, 0) is 79.9 Å². The van der Waals surface area contributed by atoms with Gasteiger partial charge in [-0.3, -0.25) is 0 Å². The number of rotatable bonds is 2. The molecule has 2 fully saturated rings. The minimum atomic E-state index is 0.662. The smallest absolute Gasteiger partial charge is 0.0408 e. The molecular formula is C34H28N2. The molecule has 36 heavy (non-hydrogen) atoms. The highest BCUT2D eigenvalue weighted by Gasteiger charge is 2.38. The predicted molar refractivity (Wildman–Crippen MR) is 151 cm³/mol. The monoisotopic (exact) mass is 464 g/mol. The zero-order chi connectivity index (χ0) is 23.4. The number of hydrogen-bond acceptors (Lipinski definition) is 2. The average Bonchev–Trinajstić information content (AvgIpc) is 3.74. The van der Waals surface area contributed by atoms with E-state index in [1.165, 1.54) is 94.2 Å². The molecule has 174 valence electrons. The molecular weight excluding hydrogens is 436 g/mol. The second kappa shape index (κ2) is 6.91. The first-order chi connectivity index (χ1) is 17.9. The van der Waals surface area contributed by atoms with Crippen molar-refractivity contribution in [1.82, 2.24) is 0 Å². The highest BCUT2D eigenvalue weighted by atomic mass is 15.2. The van der Waals surface area contributed by atoms with Gasteiger partial charge in [-0.2, -0.15) is 0 Å². The first-order valence-corrected chi connectivity index (χ1v) is 13.6. The topological polar surface area (TPSA) is 6.48 Å². The van der Waals surface area contributed by atoms with Crippen molar-refractivity contribution in [2.45, 2.75) is 24.7 Å². The Hall–Kier alpha value is -3.78. The van der Waals surface area contributed by atoms with Crippen LogP contribution < -0.4 is 9.80 Å². The fraction of sp³-hybridized carbons (Fsp3) is 0.235. The lowest BCUT2D eigenvalue weighted by atomic mass is 9.80. The molecule has 0 aliphatic carbocycles. The summed E-state index contributed by atoms with van der Waals surface area (Å²) in [6, 6.07) is 32.4. The van der Waals surface area contributed by atoms with Crippen LogP contribution in [0.25, 0.3) is 43.8 Å². The Bertz CT molecular complexity index is 1550. The van der Waals surface area contributed by atoms with Crippen LogP contribution in [0.4, 0.5) is 11.4 Å². The Morgan fingerprint density at radius 3 is 1.31 bits per heavy atom. The summed E-state index contributed by atoms with van der Waals surface area (Å²) >= 11 is 0. The van der Waals surface area contributed by atoms with Gasteiger partial charge in [0, 0.05) is 49.4 Å². The summed E-state index contributed by atoms with van der Waals surface area (Å²) in [7, 11) is 0. The number of hydrogen-bond donors (Lipinski definition) is 0. The van der Waals surface area contributed by atoms with Gasteiger partial charge in [0.25, 0.3) is 0 Å². The molecule has 4 heterocycles. The van der Waals surface area contributed by atoms with Crippen molar-refractivity contribution in [2.75, 3.05) is 36.0 Å². The van der Waals surface area contributed by atoms with Gasteiger partial charge in [-0.25, -0.2) is 0 Å². The molecule has 4 aliphatic heterocycles. The van der Waals surface area contributed by atoms with Crippen LogP contribution in [-0.4, -0.2) is 26.2 Å². The van der Waals surface area contributed by atoms with E-state index < -0.39 is 0 Å². The van der Waals surface area contributed by atoms with Gasteiger partial charge in [0.1, 0.15) is 0 Å². The van der Waals surface area contributed by atoms with E-state index in [1.54, 1.807) is 11.1 Å². The lowest BCUT2D eigenvalue weighted by Crippen LogP contribution is -2.15. The van der Waals surface area contributed by atoms with E-state index in [0.717, 1.165) is 0 Å². The third-order valence-electron chi connectivity index (χ3n) is 9.51. The second-order valence-corrected chi connectivity index (χ2v) is 11.2. The molecule has 0 amide bonds. The quantitative estimate of drug-likeness (QED) is 0.245. The largest absolute Gasteiger partial charge is 0.371 e. The highest BCUT2D eigenvalue weighted by molar-refractivity contribution is 6.22. The summed E-state index contributed by atoms with van der Waals surface area (Å²) in [5.41, 5.74) is 11.8. The Kier molecular flexibility index (Phi) is 3.73. The molecule has 0 saturated carbocycles. The maximum Gasteiger partial charge on any atom is 0.0408 e. The molecule has 0 spiro atoms. The highest BCUT2D eigenvalue weighted by Crippen LogP contribution is 2.54. The molecule has 2 unspecified atom stereocenters.